The predicted octanol–water partition coefficient (Wildman–Crippen LogP) is 2.96. The Morgan fingerprint density at radius 2 is 1.71 bits per heavy atom. The SMILES string of the molecule is NC1(c2ccc(C(F)F)cc2)CCC1. The molecule has 1 aromatic rings. The minimum atomic E-state index is -2.39. The summed E-state index contributed by atoms with van der Waals surface area (Å²) in [6.07, 6.45) is 0.661. The lowest BCUT2D eigenvalue weighted by atomic mass is 9.73. The molecule has 0 aromatic heterocycles. The molecule has 0 saturated heterocycles. The number of hydrogen-bond donors (Lipinski definition) is 1. The van der Waals surface area contributed by atoms with Crippen LogP contribution in [-0.2, 0) is 5.54 Å². The Labute approximate surface area is 81.9 Å². The number of hydrogen-bond acceptors (Lipinski definition) is 1. The summed E-state index contributed by atoms with van der Waals surface area (Å²) in [5, 5.41) is 0. The Balaban J connectivity index is 2.21. The number of rotatable bonds is 2. The number of nitrogens with two attached hydrogens (primary N) is 1. The van der Waals surface area contributed by atoms with Crippen LogP contribution in [0.25, 0.3) is 0 Å². The molecule has 1 saturated carbocycles. The van der Waals surface area contributed by atoms with E-state index in [-0.39, 0.29) is 11.1 Å². The second kappa shape index (κ2) is 3.31. The number of halogens is 2. The third-order valence-electron chi connectivity index (χ3n) is 2.98. The average Bonchev–Trinajstić information content (AvgIpc) is 2.14. The summed E-state index contributed by atoms with van der Waals surface area (Å²) in [4.78, 5) is 0. The molecule has 0 radical (unpaired) electrons. The van der Waals surface area contributed by atoms with Crippen LogP contribution in [0.3, 0.4) is 0 Å². The molecule has 0 bridgehead atoms. The highest BCUT2D eigenvalue weighted by Gasteiger charge is 2.34. The maximum atomic E-state index is 12.3. The summed E-state index contributed by atoms with van der Waals surface area (Å²) in [6.45, 7) is 0. The first-order chi connectivity index (χ1) is 6.62. The topological polar surface area (TPSA) is 26.0 Å². The van der Waals surface area contributed by atoms with Crippen molar-refractivity contribution in [3.8, 4) is 0 Å². The molecular formula is C11H13F2N. The van der Waals surface area contributed by atoms with Gasteiger partial charge in [-0.15, -0.1) is 0 Å². The van der Waals surface area contributed by atoms with Crippen molar-refractivity contribution in [2.75, 3.05) is 0 Å². The van der Waals surface area contributed by atoms with E-state index in [1.807, 2.05) is 0 Å². The molecule has 0 spiro atoms. The van der Waals surface area contributed by atoms with Gasteiger partial charge < -0.3 is 5.73 Å². The van der Waals surface area contributed by atoms with Crippen molar-refractivity contribution >= 4 is 0 Å². The van der Waals surface area contributed by atoms with Gasteiger partial charge in [0.15, 0.2) is 0 Å². The van der Waals surface area contributed by atoms with Crippen LogP contribution in [0.5, 0.6) is 0 Å². The summed E-state index contributed by atoms with van der Waals surface area (Å²) in [6, 6.07) is 6.38. The molecule has 1 aliphatic rings. The van der Waals surface area contributed by atoms with Gasteiger partial charge >= 0.3 is 0 Å². The zero-order valence-electron chi connectivity index (χ0n) is 7.84. The highest BCUT2D eigenvalue weighted by atomic mass is 19.3. The largest absolute Gasteiger partial charge is 0.321 e. The third kappa shape index (κ3) is 1.52. The minimum Gasteiger partial charge on any atom is -0.321 e. The molecule has 1 aromatic carbocycles. The second-order valence-electron chi connectivity index (χ2n) is 3.93. The predicted molar refractivity (Wildman–Crippen MR) is 51.1 cm³/mol. The highest BCUT2D eigenvalue weighted by molar-refractivity contribution is 5.30. The zero-order valence-corrected chi connectivity index (χ0v) is 7.84. The summed E-state index contributed by atoms with van der Waals surface area (Å²) >= 11 is 0. The molecule has 0 amide bonds. The number of alkyl halides is 2. The van der Waals surface area contributed by atoms with E-state index in [4.69, 9.17) is 5.73 Å². The molecule has 0 unspecified atom stereocenters. The molecule has 14 heavy (non-hydrogen) atoms. The van der Waals surface area contributed by atoms with Crippen LogP contribution < -0.4 is 5.73 Å². The minimum absolute atomic E-state index is 0.0664. The van der Waals surface area contributed by atoms with Crippen LogP contribution in [0.1, 0.15) is 36.8 Å². The monoisotopic (exact) mass is 197 g/mol. The first kappa shape index (κ1) is 9.59. The maximum absolute atomic E-state index is 12.3. The van der Waals surface area contributed by atoms with E-state index in [1.165, 1.54) is 12.1 Å². The van der Waals surface area contributed by atoms with Gasteiger partial charge in [0.25, 0.3) is 6.43 Å². The van der Waals surface area contributed by atoms with Crippen LogP contribution in [0, 0.1) is 0 Å². The van der Waals surface area contributed by atoms with Crippen LogP contribution in [0.4, 0.5) is 8.78 Å². The Kier molecular flexibility index (Phi) is 2.27. The van der Waals surface area contributed by atoms with Crippen molar-refractivity contribution in [2.24, 2.45) is 5.73 Å². The van der Waals surface area contributed by atoms with E-state index in [0.29, 0.717) is 0 Å². The molecule has 0 atom stereocenters. The van der Waals surface area contributed by atoms with E-state index >= 15 is 0 Å². The second-order valence-corrected chi connectivity index (χ2v) is 3.93. The molecule has 2 N–H and O–H groups in total. The van der Waals surface area contributed by atoms with Crippen molar-refractivity contribution in [3.63, 3.8) is 0 Å². The molecule has 0 heterocycles. The molecule has 1 fully saturated rings. The van der Waals surface area contributed by atoms with Crippen molar-refractivity contribution in [2.45, 2.75) is 31.2 Å². The fourth-order valence-electron chi connectivity index (χ4n) is 1.81. The van der Waals surface area contributed by atoms with Gasteiger partial charge in [-0.1, -0.05) is 24.3 Å². The Morgan fingerprint density at radius 1 is 1.14 bits per heavy atom. The van der Waals surface area contributed by atoms with Gasteiger partial charge in [0, 0.05) is 11.1 Å². The van der Waals surface area contributed by atoms with Gasteiger partial charge in [-0.05, 0) is 24.8 Å². The number of benzene rings is 1. The smallest absolute Gasteiger partial charge is 0.263 e. The zero-order chi connectivity index (χ0) is 10.2. The fraction of sp³-hybridized carbons (Fsp3) is 0.455. The summed E-state index contributed by atoms with van der Waals surface area (Å²) in [5.41, 5.74) is 6.86. The third-order valence-corrected chi connectivity index (χ3v) is 2.98. The normalized spacial score (nSPS) is 19.4. The maximum Gasteiger partial charge on any atom is 0.263 e. The van der Waals surface area contributed by atoms with Crippen molar-refractivity contribution in [1.29, 1.82) is 0 Å². The first-order valence-corrected chi connectivity index (χ1v) is 4.79. The van der Waals surface area contributed by atoms with E-state index in [2.05, 4.69) is 0 Å². The van der Waals surface area contributed by atoms with Gasteiger partial charge in [0.05, 0.1) is 0 Å². The molecule has 2 rings (SSSR count). The van der Waals surface area contributed by atoms with Crippen LogP contribution >= 0.6 is 0 Å². The molecule has 76 valence electrons. The average molecular weight is 197 g/mol. The van der Waals surface area contributed by atoms with Gasteiger partial charge in [0.1, 0.15) is 0 Å². The van der Waals surface area contributed by atoms with E-state index < -0.39 is 6.43 Å². The first-order valence-electron chi connectivity index (χ1n) is 4.79. The summed E-state index contributed by atoms with van der Waals surface area (Å²) < 4.78 is 24.5. The highest BCUT2D eigenvalue weighted by Crippen LogP contribution is 2.38. The van der Waals surface area contributed by atoms with Crippen molar-refractivity contribution in [3.05, 3.63) is 35.4 Å². The summed E-state index contributed by atoms with van der Waals surface area (Å²) in [5.74, 6) is 0. The van der Waals surface area contributed by atoms with E-state index in [0.717, 1.165) is 24.8 Å². The van der Waals surface area contributed by atoms with Gasteiger partial charge in [-0.2, -0.15) is 0 Å². The van der Waals surface area contributed by atoms with Crippen LogP contribution in [0.15, 0.2) is 24.3 Å². The van der Waals surface area contributed by atoms with E-state index in [9.17, 15) is 8.78 Å². The Morgan fingerprint density at radius 3 is 2.07 bits per heavy atom. The van der Waals surface area contributed by atoms with Gasteiger partial charge in [-0.3, -0.25) is 0 Å². The molecule has 1 nitrogen and oxygen atoms in total. The van der Waals surface area contributed by atoms with Crippen molar-refractivity contribution in [1.82, 2.24) is 0 Å². The Bertz CT molecular complexity index is 315. The van der Waals surface area contributed by atoms with Gasteiger partial charge in [-0.25, -0.2) is 8.78 Å². The van der Waals surface area contributed by atoms with E-state index in [1.54, 1.807) is 12.1 Å². The quantitative estimate of drug-likeness (QED) is 0.775. The lowest BCUT2D eigenvalue weighted by molar-refractivity contribution is 0.151. The lowest BCUT2D eigenvalue weighted by Crippen LogP contribution is -2.43. The Hall–Kier alpha value is -0.960. The molecule has 0 aliphatic heterocycles. The standard InChI is InChI=1S/C11H13F2N/c12-10(13)8-2-4-9(5-3-8)11(14)6-1-7-11/h2-5,10H,1,6-7,14H2. The van der Waals surface area contributed by atoms with Crippen LogP contribution in [0.2, 0.25) is 0 Å². The molecular weight excluding hydrogens is 184 g/mol. The van der Waals surface area contributed by atoms with Crippen molar-refractivity contribution < 1.29 is 8.78 Å². The molecule has 1 aliphatic carbocycles. The van der Waals surface area contributed by atoms with Crippen LogP contribution in [-0.4, -0.2) is 0 Å². The lowest BCUT2D eigenvalue weighted by Gasteiger charge is -2.38. The summed E-state index contributed by atoms with van der Waals surface area (Å²) in [7, 11) is 0. The molecule has 3 heteroatoms. The fourth-order valence-corrected chi connectivity index (χ4v) is 1.81. The van der Waals surface area contributed by atoms with Gasteiger partial charge in [0.2, 0.25) is 0 Å².